The third-order valence-corrected chi connectivity index (χ3v) is 5.29. The Bertz CT molecular complexity index is 406. The fourth-order valence-electron chi connectivity index (χ4n) is 3.98. The van der Waals surface area contributed by atoms with E-state index in [1.165, 1.54) is 57.4 Å². The average Bonchev–Trinajstić information content (AvgIpc) is 3.08. The van der Waals surface area contributed by atoms with Gasteiger partial charge in [0.05, 0.1) is 0 Å². The van der Waals surface area contributed by atoms with Crippen LogP contribution in [0.1, 0.15) is 31.2 Å². The molecule has 1 aliphatic carbocycles. The zero-order valence-electron chi connectivity index (χ0n) is 13.1. The van der Waals surface area contributed by atoms with Crippen LogP contribution in [0, 0.1) is 0 Å². The van der Waals surface area contributed by atoms with Gasteiger partial charge in [-0.25, -0.2) is 0 Å². The lowest BCUT2D eigenvalue weighted by Gasteiger charge is -2.41. The molecule has 1 atom stereocenters. The molecule has 3 rings (SSSR count). The number of nitrogens with zero attached hydrogens (tertiary/aromatic N) is 2. The normalized spacial score (nSPS) is 23.5. The number of hydrogen-bond donors (Lipinski definition) is 1. The Balaban J connectivity index is 1.52. The Morgan fingerprint density at radius 3 is 2.29 bits per heavy atom. The van der Waals surface area contributed by atoms with E-state index < -0.39 is 0 Å². The molecule has 0 aromatic heterocycles. The van der Waals surface area contributed by atoms with Crippen LogP contribution in [0.2, 0.25) is 0 Å². The first kappa shape index (κ1) is 15.0. The summed E-state index contributed by atoms with van der Waals surface area (Å²) >= 11 is 0. The second kappa shape index (κ2) is 7.39. The standard InChI is InChI=1S/C18H29N3/c19-15-18(14-16-6-2-1-3-7-16)21-12-10-20(11-13-21)17-8-4-5-9-17/h1-3,6-7,17-18H,4-5,8-15,19H2. The maximum absolute atomic E-state index is 6.05. The van der Waals surface area contributed by atoms with Crippen LogP contribution in [-0.2, 0) is 6.42 Å². The minimum Gasteiger partial charge on any atom is -0.329 e. The molecule has 21 heavy (non-hydrogen) atoms. The van der Waals surface area contributed by atoms with Crippen LogP contribution in [0.15, 0.2) is 30.3 Å². The molecule has 2 N–H and O–H groups in total. The van der Waals surface area contributed by atoms with Gasteiger partial charge in [-0.15, -0.1) is 0 Å². The number of benzene rings is 1. The maximum Gasteiger partial charge on any atom is 0.0259 e. The highest BCUT2D eigenvalue weighted by atomic mass is 15.3. The van der Waals surface area contributed by atoms with E-state index in [0.717, 1.165) is 19.0 Å². The highest BCUT2D eigenvalue weighted by molar-refractivity contribution is 5.16. The molecule has 1 aromatic rings. The molecule has 1 unspecified atom stereocenters. The van der Waals surface area contributed by atoms with Crippen molar-refractivity contribution in [3.63, 3.8) is 0 Å². The Kier molecular flexibility index (Phi) is 5.28. The maximum atomic E-state index is 6.05. The molecule has 3 heteroatoms. The molecule has 1 heterocycles. The van der Waals surface area contributed by atoms with E-state index in [9.17, 15) is 0 Å². The summed E-state index contributed by atoms with van der Waals surface area (Å²) in [7, 11) is 0. The van der Waals surface area contributed by atoms with E-state index in [0.29, 0.717) is 6.04 Å². The second-order valence-corrected chi connectivity index (χ2v) is 6.59. The first-order valence-electron chi connectivity index (χ1n) is 8.59. The lowest BCUT2D eigenvalue weighted by Crippen LogP contribution is -2.54. The predicted octanol–water partition coefficient (Wildman–Crippen LogP) is 2.12. The van der Waals surface area contributed by atoms with E-state index in [1.54, 1.807) is 0 Å². The van der Waals surface area contributed by atoms with Gasteiger partial charge in [0.25, 0.3) is 0 Å². The highest BCUT2D eigenvalue weighted by Crippen LogP contribution is 2.24. The molecule has 1 aliphatic heterocycles. The molecule has 0 spiro atoms. The highest BCUT2D eigenvalue weighted by Gasteiger charge is 2.28. The van der Waals surface area contributed by atoms with Crippen LogP contribution in [0.4, 0.5) is 0 Å². The molecule has 1 saturated heterocycles. The quantitative estimate of drug-likeness (QED) is 0.900. The van der Waals surface area contributed by atoms with E-state index in [4.69, 9.17) is 5.73 Å². The van der Waals surface area contributed by atoms with Crippen molar-refractivity contribution in [1.29, 1.82) is 0 Å². The molecular formula is C18H29N3. The van der Waals surface area contributed by atoms with Gasteiger partial charge in [-0.3, -0.25) is 9.80 Å². The van der Waals surface area contributed by atoms with Crippen LogP contribution in [0.5, 0.6) is 0 Å². The summed E-state index contributed by atoms with van der Waals surface area (Å²) in [6, 6.07) is 12.1. The van der Waals surface area contributed by atoms with Gasteiger partial charge in [0.15, 0.2) is 0 Å². The first-order valence-corrected chi connectivity index (χ1v) is 8.59. The average molecular weight is 287 g/mol. The van der Waals surface area contributed by atoms with Gasteiger partial charge in [0.2, 0.25) is 0 Å². The summed E-state index contributed by atoms with van der Waals surface area (Å²) in [5, 5.41) is 0. The van der Waals surface area contributed by atoms with Crippen molar-refractivity contribution < 1.29 is 0 Å². The Hall–Kier alpha value is -0.900. The third-order valence-electron chi connectivity index (χ3n) is 5.29. The zero-order chi connectivity index (χ0) is 14.5. The van der Waals surface area contributed by atoms with Crippen molar-refractivity contribution in [2.24, 2.45) is 5.73 Å². The van der Waals surface area contributed by atoms with Crippen molar-refractivity contribution in [3.05, 3.63) is 35.9 Å². The largest absolute Gasteiger partial charge is 0.329 e. The van der Waals surface area contributed by atoms with E-state index in [2.05, 4.69) is 40.1 Å². The minimum atomic E-state index is 0.498. The van der Waals surface area contributed by atoms with E-state index in [-0.39, 0.29) is 0 Å². The molecule has 0 radical (unpaired) electrons. The zero-order valence-corrected chi connectivity index (χ0v) is 13.1. The Morgan fingerprint density at radius 1 is 1.00 bits per heavy atom. The molecule has 1 saturated carbocycles. The van der Waals surface area contributed by atoms with Gasteiger partial charge in [-0.05, 0) is 24.8 Å². The van der Waals surface area contributed by atoms with Gasteiger partial charge in [-0.2, -0.15) is 0 Å². The third kappa shape index (κ3) is 3.85. The SMILES string of the molecule is NCC(Cc1ccccc1)N1CCN(C2CCCC2)CC1. The number of piperazine rings is 1. The van der Waals surface area contributed by atoms with Gasteiger partial charge in [0, 0.05) is 44.8 Å². The molecule has 2 aliphatic rings. The first-order chi connectivity index (χ1) is 10.4. The van der Waals surface area contributed by atoms with Gasteiger partial charge < -0.3 is 5.73 Å². The summed E-state index contributed by atoms with van der Waals surface area (Å²) < 4.78 is 0. The van der Waals surface area contributed by atoms with Crippen LogP contribution in [-0.4, -0.2) is 54.6 Å². The fraction of sp³-hybridized carbons (Fsp3) is 0.667. The van der Waals surface area contributed by atoms with Crippen LogP contribution < -0.4 is 5.73 Å². The van der Waals surface area contributed by atoms with Gasteiger partial charge >= 0.3 is 0 Å². The molecule has 1 aromatic carbocycles. The minimum absolute atomic E-state index is 0.498. The van der Waals surface area contributed by atoms with Gasteiger partial charge in [0.1, 0.15) is 0 Å². The summed E-state index contributed by atoms with van der Waals surface area (Å²) in [6.45, 7) is 5.60. The lowest BCUT2D eigenvalue weighted by molar-refractivity contribution is 0.0724. The predicted molar refractivity (Wildman–Crippen MR) is 88.4 cm³/mol. The molecule has 0 bridgehead atoms. The number of nitrogens with two attached hydrogens (primary N) is 1. The Morgan fingerprint density at radius 2 is 1.67 bits per heavy atom. The summed E-state index contributed by atoms with van der Waals surface area (Å²) in [4.78, 5) is 5.33. The van der Waals surface area contributed by atoms with E-state index >= 15 is 0 Å². The number of rotatable bonds is 5. The van der Waals surface area contributed by atoms with Crippen LogP contribution >= 0.6 is 0 Å². The van der Waals surface area contributed by atoms with Crippen molar-refractivity contribution in [2.75, 3.05) is 32.7 Å². The van der Waals surface area contributed by atoms with Crippen molar-refractivity contribution >= 4 is 0 Å². The fourth-order valence-corrected chi connectivity index (χ4v) is 3.98. The molecular weight excluding hydrogens is 258 g/mol. The van der Waals surface area contributed by atoms with Crippen molar-refractivity contribution in [2.45, 2.75) is 44.2 Å². The van der Waals surface area contributed by atoms with Crippen molar-refractivity contribution in [1.82, 2.24) is 9.80 Å². The van der Waals surface area contributed by atoms with Crippen LogP contribution in [0.25, 0.3) is 0 Å². The molecule has 2 fully saturated rings. The second-order valence-electron chi connectivity index (χ2n) is 6.59. The smallest absolute Gasteiger partial charge is 0.0259 e. The molecule has 3 nitrogen and oxygen atoms in total. The van der Waals surface area contributed by atoms with Gasteiger partial charge in [-0.1, -0.05) is 43.2 Å². The van der Waals surface area contributed by atoms with E-state index in [1.807, 2.05) is 0 Å². The van der Waals surface area contributed by atoms with Crippen molar-refractivity contribution in [3.8, 4) is 0 Å². The Labute approximate surface area is 129 Å². The summed E-state index contributed by atoms with van der Waals surface area (Å²) in [5.41, 5.74) is 7.46. The monoisotopic (exact) mass is 287 g/mol. The van der Waals surface area contributed by atoms with Crippen LogP contribution in [0.3, 0.4) is 0 Å². The lowest BCUT2D eigenvalue weighted by atomic mass is 10.0. The topological polar surface area (TPSA) is 32.5 Å². The summed E-state index contributed by atoms with van der Waals surface area (Å²) in [6.07, 6.45) is 6.80. The molecule has 0 amide bonds. The number of hydrogen-bond acceptors (Lipinski definition) is 3. The molecule has 116 valence electrons. The summed E-state index contributed by atoms with van der Waals surface area (Å²) in [5.74, 6) is 0.